The largest absolute Gasteiger partial charge is 0.497 e. The minimum Gasteiger partial charge on any atom is -0.497 e. The Bertz CT molecular complexity index is 4610. The highest BCUT2D eigenvalue weighted by Gasteiger charge is 2.17. The van der Waals surface area contributed by atoms with E-state index >= 15 is 0 Å². The Hall–Kier alpha value is -9.74. The summed E-state index contributed by atoms with van der Waals surface area (Å²) in [6, 6.07) is 85.0. The molecule has 1 aromatic heterocycles. The van der Waals surface area contributed by atoms with Gasteiger partial charge in [0.25, 0.3) is 0 Å². The maximum atomic E-state index is 11.8. The Morgan fingerprint density at radius 3 is 1.24 bits per heavy atom. The van der Waals surface area contributed by atoms with E-state index in [1.165, 1.54) is 22.3 Å². The number of carbonyl (C=O) groups excluding carboxylic acids is 5. The molecular formula is C103H123Cl4NO8. The van der Waals surface area contributed by atoms with E-state index in [4.69, 9.17) is 60.6 Å². The highest BCUT2D eigenvalue weighted by atomic mass is 35.5. The summed E-state index contributed by atoms with van der Waals surface area (Å²) in [5.74, 6) is 8.32. The van der Waals surface area contributed by atoms with Crippen molar-refractivity contribution in [2.45, 2.75) is 170 Å². The number of rotatable bonds is 22. The van der Waals surface area contributed by atoms with Crippen molar-refractivity contribution in [3.05, 3.63) is 355 Å². The third-order valence-electron chi connectivity index (χ3n) is 17.1. The van der Waals surface area contributed by atoms with E-state index in [-0.39, 0.29) is 52.6 Å². The smallest absolute Gasteiger partial charge is 0.181 e. The van der Waals surface area contributed by atoms with Gasteiger partial charge in [-0.3, -0.25) is 29.0 Å². The zero-order chi connectivity index (χ0) is 86.4. The molecule has 1 heterocycles. The fraction of sp³-hybridized carbons (Fsp3) is 0.320. The number of benzene rings is 10. The van der Waals surface area contributed by atoms with Gasteiger partial charge in [0.15, 0.2) is 28.9 Å². The number of halogens is 4. The fourth-order valence-corrected chi connectivity index (χ4v) is 11.6. The minimum absolute atomic E-state index is 0.00454. The van der Waals surface area contributed by atoms with Crippen LogP contribution in [0.4, 0.5) is 0 Å². The van der Waals surface area contributed by atoms with E-state index in [0.717, 1.165) is 74.8 Å². The Morgan fingerprint density at radius 1 is 0.336 bits per heavy atom. The minimum atomic E-state index is 0.00454. The van der Waals surface area contributed by atoms with Gasteiger partial charge >= 0.3 is 0 Å². The number of ketones is 5. The second-order valence-electron chi connectivity index (χ2n) is 31.0. The van der Waals surface area contributed by atoms with Crippen molar-refractivity contribution in [1.29, 1.82) is 0 Å². The second-order valence-corrected chi connectivity index (χ2v) is 32.7. The molecule has 0 saturated heterocycles. The van der Waals surface area contributed by atoms with Gasteiger partial charge in [0.1, 0.15) is 34.4 Å². The van der Waals surface area contributed by atoms with E-state index in [2.05, 4.69) is 103 Å². The number of pyridine rings is 1. The van der Waals surface area contributed by atoms with E-state index in [1.54, 1.807) is 80.0 Å². The van der Waals surface area contributed by atoms with Gasteiger partial charge in [0, 0.05) is 73.6 Å². The van der Waals surface area contributed by atoms with Gasteiger partial charge in [0.2, 0.25) is 0 Å². The lowest BCUT2D eigenvalue weighted by Crippen LogP contribution is -2.10. The monoisotopic (exact) mass is 1640 g/mol. The van der Waals surface area contributed by atoms with E-state index in [0.29, 0.717) is 62.0 Å². The highest BCUT2D eigenvalue weighted by molar-refractivity contribution is 6.34. The lowest BCUT2D eigenvalue weighted by atomic mass is 9.93. The number of ether oxygens (including phenoxy) is 3. The number of aryl methyl sites for hydroxylation is 2. The van der Waals surface area contributed by atoms with Gasteiger partial charge in [-0.05, 0) is 223 Å². The van der Waals surface area contributed by atoms with Crippen LogP contribution in [0.2, 0.25) is 20.1 Å². The number of hydrogen-bond donors (Lipinski definition) is 0. The third kappa shape index (κ3) is 40.7. The van der Waals surface area contributed by atoms with Crippen molar-refractivity contribution in [2.24, 2.45) is 41.4 Å². The lowest BCUT2D eigenvalue weighted by Gasteiger charge is -2.10. The molecule has 116 heavy (non-hydrogen) atoms. The maximum absolute atomic E-state index is 11.8. The van der Waals surface area contributed by atoms with Crippen molar-refractivity contribution in [1.82, 2.24) is 4.98 Å². The van der Waals surface area contributed by atoms with Crippen LogP contribution < -0.4 is 14.2 Å². The summed E-state index contributed by atoms with van der Waals surface area (Å²) >= 11 is 23.1. The number of para-hydroxylation sites is 2. The van der Waals surface area contributed by atoms with Crippen molar-refractivity contribution in [2.75, 3.05) is 7.11 Å². The lowest BCUT2D eigenvalue weighted by molar-refractivity contribution is 0.0931. The Balaban J connectivity index is 0.000000339. The quantitative estimate of drug-likeness (QED) is 0.0610. The maximum Gasteiger partial charge on any atom is 0.181 e. The first-order chi connectivity index (χ1) is 55.0. The molecule has 11 rings (SSSR count). The van der Waals surface area contributed by atoms with Crippen LogP contribution in [0.25, 0.3) is 0 Å². The van der Waals surface area contributed by atoms with Crippen LogP contribution in [0.15, 0.2) is 273 Å². The van der Waals surface area contributed by atoms with Crippen LogP contribution in [-0.4, -0.2) is 41.0 Å². The molecule has 0 aliphatic carbocycles. The number of carbonyl (C=O) groups is 5. The molecule has 0 spiro atoms. The Labute approximate surface area is 714 Å². The van der Waals surface area contributed by atoms with Crippen molar-refractivity contribution >= 4 is 75.3 Å². The molecule has 11 aromatic rings. The number of Topliss-reactive ketones (excluding diaryl/α,β-unsaturated/α-hetero) is 5. The fourth-order valence-electron chi connectivity index (χ4n) is 10.9. The second kappa shape index (κ2) is 55.0. The summed E-state index contributed by atoms with van der Waals surface area (Å²) < 4.78 is 16.6. The normalized spacial score (nSPS) is 10.4. The summed E-state index contributed by atoms with van der Waals surface area (Å²) in [7, 11) is 1.69. The van der Waals surface area contributed by atoms with Crippen LogP contribution in [0.5, 0.6) is 28.7 Å². The first kappa shape index (κ1) is 100. The number of nitrogens with zero attached hydrogens (tertiary/aromatic N) is 1. The third-order valence-corrected chi connectivity index (χ3v) is 18.2. The molecule has 0 bridgehead atoms. The molecule has 0 unspecified atom stereocenters. The van der Waals surface area contributed by atoms with Gasteiger partial charge < -0.3 is 14.2 Å². The molecule has 0 radical (unpaired) electrons. The molecule has 9 nitrogen and oxygen atoms in total. The summed E-state index contributed by atoms with van der Waals surface area (Å²) in [5, 5.41) is 2.65. The molecule has 10 aromatic carbocycles. The van der Waals surface area contributed by atoms with Gasteiger partial charge in [-0.1, -0.05) is 304 Å². The van der Waals surface area contributed by atoms with Gasteiger partial charge in [-0.2, -0.15) is 0 Å². The summed E-state index contributed by atoms with van der Waals surface area (Å²) in [4.78, 5) is 61.5. The Kier molecular flexibility index (Phi) is 47.6. The van der Waals surface area contributed by atoms with E-state index in [1.807, 2.05) is 241 Å². The van der Waals surface area contributed by atoms with Gasteiger partial charge in [-0.15, -0.1) is 0 Å². The van der Waals surface area contributed by atoms with Crippen LogP contribution >= 0.6 is 46.4 Å². The van der Waals surface area contributed by atoms with Crippen LogP contribution in [0, 0.1) is 55.3 Å². The van der Waals surface area contributed by atoms with Crippen molar-refractivity contribution in [3.63, 3.8) is 0 Å². The molecule has 0 aliphatic heterocycles. The predicted molar refractivity (Wildman–Crippen MR) is 491 cm³/mol. The van der Waals surface area contributed by atoms with Crippen LogP contribution in [0.1, 0.15) is 228 Å². The molecule has 13 heteroatoms. The van der Waals surface area contributed by atoms with Gasteiger partial charge in [-0.25, -0.2) is 0 Å². The predicted octanol–water partition coefficient (Wildman–Crippen LogP) is 30.6. The molecule has 0 aliphatic rings. The first-order valence-electron chi connectivity index (χ1n) is 40.0. The summed E-state index contributed by atoms with van der Waals surface area (Å²) in [5.41, 5.74) is 11.0. The van der Waals surface area contributed by atoms with Crippen molar-refractivity contribution in [3.8, 4) is 28.7 Å². The van der Waals surface area contributed by atoms with E-state index in [9.17, 15) is 24.0 Å². The average Bonchev–Trinajstić information content (AvgIpc) is 0.837. The number of methoxy groups -OCH3 is 1. The molecular weight excluding hydrogens is 1520 g/mol. The summed E-state index contributed by atoms with van der Waals surface area (Å²) in [6.45, 7) is 40.8. The van der Waals surface area contributed by atoms with Crippen LogP contribution in [0.3, 0.4) is 0 Å². The van der Waals surface area contributed by atoms with Crippen LogP contribution in [-0.2, 0) is 12.8 Å². The standard InChI is InChI=1S/2C15H16O.C12H16O.C11H16O.3C10H11ClO.C10H13Cl.C10H13NO/c1-12(2)13-7-6-10-15(11-13)16-14-8-4-3-5-9-14;1-12(2)13-8-10-15(11-9-13)16-14-6-4-3-5-7-14;1-8(2)12(13)11-9(3)6-5-7-10(11)4;1-9(2)8-10-4-6-11(12-3)7-5-10;1-7(2)10(12)8-3-5-9(11)6-4-8;1-7(2)10(12)8-4-3-5-9(11)6-8;1-7(2)10(12)8-5-3-4-6-9(8)11;1-8(2)6-9-4-3-5-10(11)7-9;1-8(2)7-10(12)9-5-3-4-6-11-9/h2*3-12H,1-2H3;5-8H,1-4H3;4-7,9H,8H2,1-3H3;3*3-7H,1-2H3;3-5,7-8H,6H2,1-2H3;3-6,8H,7H2,1-2H3. The topological polar surface area (TPSA) is 126 Å². The molecule has 0 amide bonds. The van der Waals surface area contributed by atoms with Gasteiger partial charge in [0.05, 0.1) is 12.1 Å². The van der Waals surface area contributed by atoms with Crippen molar-refractivity contribution < 1.29 is 38.2 Å². The molecule has 0 saturated carbocycles. The molecule has 0 fully saturated rings. The Morgan fingerprint density at radius 2 is 0.776 bits per heavy atom. The average molecular weight is 1640 g/mol. The first-order valence-corrected chi connectivity index (χ1v) is 41.5. The number of aromatic nitrogens is 1. The highest BCUT2D eigenvalue weighted by Crippen LogP contribution is 2.28. The van der Waals surface area contributed by atoms with E-state index < -0.39 is 0 Å². The zero-order valence-corrected chi connectivity index (χ0v) is 75.0. The SMILES string of the molecule is CC(C)C(=O)c1ccc(Cl)cc1.CC(C)C(=O)c1cccc(Cl)c1.CC(C)C(=O)c1ccccc1Cl.CC(C)CC(=O)c1ccccn1.CC(C)Cc1cccc(Cl)c1.CC(C)c1ccc(Oc2ccccc2)cc1.CC(C)c1cccc(Oc2ccccc2)c1.COc1ccc(CC(C)C)cc1.Cc1cccc(C)c1C(=O)C(C)C. The number of hydrogen-bond acceptors (Lipinski definition) is 9. The summed E-state index contributed by atoms with van der Waals surface area (Å²) in [6.07, 6.45) is 4.48. The molecule has 0 atom stereocenters. The molecule has 0 N–H and O–H groups in total. The molecule has 616 valence electrons. The zero-order valence-electron chi connectivity index (χ0n) is 72.0.